The van der Waals surface area contributed by atoms with E-state index in [1.54, 1.807) is 23.1 Å². The van der Waals surface area contributed by atoms with Crippen molar-refractivity contribution in [2.75, 3.05) is 5.32 Å². The van der Waals surface area contributed by atoms with Crippen LogP contribution in [-0.2, 0) is 16.9 Å². The average molecular weight is 402 g/mol. The van der Waals surface area contributed by atoms with Crippen LogP contribution in [0.1, 0.15) is 25.0 Å². The molecule has 1 N–H and O–H groups in total. The van der Waals surface area contributed by atoms with Crippen molar-refractivity contribution in [3.63, 3.8) is 0 Å². The highest BCUT2D eigenvalue weighted by Gasteiger charge is 2.31. The maximum atomic E-state index is 12.6. The summed E-state index contributed by atoms with van der Waals surface area (Å²) in [6, 6.07) is 9.98. The van der Waals surface area contributed by atoms with Gasteiger partial charge in [-0.3, -0.25) is 14.2 Å². The Labute approximate surface area is 155 Å². The number of hydrogen-bond acceptors (Lipinski definition) is 3. The fourth-order valence-corrected chi connectivity index (χ4v) is 2.74. The molecule has 2 heterocycles. The summed E-state index contributed by atoms with van der Waals surface area (Å²) in [5.74, 6) is 0.349. The van der Waals surface area contributed by atoms with Gasteiger partial charge in [0.25, 0.3) is 5.91 Å². The van der Waals surface area contributed by atoms with E-state index in [2.05, 4.69) is 50.5 Å². The van der Waals surface area contributed by atoms with Gasteiger partial charge in [0.15, 0.2) is 5.82 Å². The van der Waals surface area contributed by atoms with Crippen LogP contribution in [0.2, 0.25) is 0 Å². The van der Waals surface area contributed by atoms with Gasteiger partial charge >= 0.3 is 0 Å². The summed E-state index contributed by atoms with van der Waals surface area (Å²) >= 11 is 3.35. The van der Waals surface area contributed by atoms with Crippen molar-refractivity contribution in [2.45, 2.75) is 32.9 Å². The second kappa shape index (κ2) is 6.84. The summed E-state index contributed by atoms with van der Waals surface area (Å²) in [5.41, 5.74) is 1.59. The van der Waals surface area contributed by atoms with Crippen molar-refractivity contribution in [1.29, 1.82) is 0 Å². The largest absolute Gasteiger partial charge is 0.307 e. The number of nitrogens with one attached hydrogen (secondary N) is 1. The Morgan fingerprint density at radius 3 is 2.72 bits per heavy atom. The van der Waals surface area contributed by atoms with Gasteiger partial charge in [0.05, 0.1) is 17.2 Å². The lowest BCUT2D eigenvalue weighted by molar-refractivity contribution is -0.123. The molecular formula is C18H20BrN5O. The van der Waals surface area contributed by atoms with Gasteiger partial charge in [0.2, 0.25) is 0 Å². The number of hydrogen-bond donors (Lipinski definition) is 1. The number of amides is 1. The molecule has 0 fully saturated rings. The Balaban J connectivity index is 1.71. The van der Waals surface area contributed by atoms with Crippen LogP contribution in [-0.4, -0.2) is 25.5 Å². The molecule has 1 aromatic carbocycles. The van der Waals surface area contributed by atoms with E-state index in [0.717, 1.165) is 4.47 Å². The molecule has 0 radical (unpaired) electrons. The maximum Gasteiger partial charge on any atom is 0.252 e. The molecule has 25 heavy (non-hydrogen) atoms. The smallest absolute Gasteiger partial charge is 0.252 e. The zero-order valence-electron chi connectivity index (χ0n) is 14.4. The molecule has 3 aromatic rings. The number of nitrogens with zero attached hydrogens (tertiary/aromatic N) is 4. The lowest BCUT2D eigenvalue weighted by Gasteiger charge is -2.23. The number of benzene rings is 1. The molecular weight excluding hydrogens is 382 g/mol. The van der Waals surface area contributed by atoms with Crippen molar-refractivity contribution in [3.05, 3.63) is 64.5 Å². The predicted octanol–water partition coefficient (Wildman–Crippen LogP) is 3.57. The van der Waals surface area contributed by atoms with Crippen LogP contribution in [0.25, 0.3) is 0 Å². The molecule has 130 valence electrons. The van der Waals surface area contributed by atoms with Crippen molar-refractivity contribution >= 4 is 27.7 Å². The molecule has 0 aliphatic rings. The molecule has 0 saturated carbocycles. The first-order valence-electron chi connectivity index (χ1n) is 7.96. The third kappa shape index (κ3) is 3.82. The molecule has 2 aromatic heterocycles. The number of carbonyl (C=O) groups is 1. The van der Waals surface area contributed by atoms with Crippen molar-refractivity contribution in [3.8, 4) is 0 Å². The zero-order valence-corrected chi connectivity index (χ0v) is 16.0. The average Bonchev–Trinajstić information content (AvgIpc) is 3.19. The zero-order chi connectivity index (χ0) is 18.0. The van der Waals surface area contributed by atoms with Crippen molar-refractivity contribution in [2.24, 2.45) is 0 Å². The van der Waals surface area contributed by atoms with E-state index in [-0.39, 0.29) is 5.91 Å². The van der Waals surface area contributed by atoms with Crippen LogP contribution in [0.15, 0.2) is 53.4 Å². The predicted molar refractivity (Wildman–Crippen MR) is 100 cm³/mol. The van der Waals surface area contributed by atoms with E-state index in [4.69, 9.17) is 0 Å². The Bertz CT molecular complexity index is 896. The molecule has 1 amide bonds. The van der Waals surface area contributed by atoms with Crippen molar-refractivity contribution in [1.82, 2.24) is 19.6 Å². The van der Waals surface area contributed by atoms with Crippen LogP contribution >= 0.6 is 15.9 Å². The van der Waals surface area contributed by atoms with Crippen LogP contribution in [0, 0.1) is 6.92 Å². The van der Waals surface area contributed by atoms with E-state index in [1.165, 1.54) is 11.1 Å². The molecule has 7 heteroatoms. The highest BCUT2D eigenvalue weighted by molar-refractivity contribution is 9.10. The van der Waals surface area contributed by atoms with Crippen LogP contribution in [0.4, 0.5) is 5.82 Å². The van der Waals surface area contributed by atoms with Crippen LogP contribution in [0.5, 0.6) is 0 Å². The highest BCUT2D eigenvalue weighted by Crippen LogP contribution is 2.20. The molecule has 0 bridgehead atoms. The van der Waals surface area contributed by atoms with E-state index < -0.39 is 5.54 Å². The van der Waals surface area contributed by atoms with Gasteiger partial charge in [0, 0.05) is 18.5 Å². The molecule has 0 atom stereocenters. The third-order valence-corrected chi connectivity index (χ3v) is 4.56. The van der Waals surface area contributed by atoms with Gasteiger partial charge in [-0.05, 0) is 47.8 Å². The van der Waals surface area contributed by atoms with Gasteiger partial charge < -0.3 is 5.32 Å². The molecule has 0 aliphatic carbocycles. The maximum absolute atomic E-state index is 12.6. The molecule has 0 saturated heterocycles. The summed E-state index contributed by atoms with van der Waals surface area (Å²) in [7, 11) is 0. The number of aromatic nitrogens is 4. The topological polar surface area (TPSA) is 64.7 Å². The second-order valence-corrected chi connectivity index (χ2v) is 7.36. The summed E-state index contributed by atoms with van der Waals surface area (Å²) in [6.07, 6.45) is 5.29. The first kappa shape index (κ1) is 17.4. The Kier molecular flexibility index (Phi) is 4.76. The normalized spacial score (nSPS) is 11.5. The van der Waals surface area contributed by atoms with E-state index in [1.807, 2.05) is 36.9 Å². The lowest BCUT2D eigenvalue weighted by atomic mass is 10.1. The molecule has 3 rings (SSSR count). The molecule has 6 nitrogen and oxygen atoms in total. The minimum atomic E-state index is -0.828. The van der Waals surface area contributed by atoms with E-state index in [9.17, 15) is 4.79 Å². The minimum Gasteiger partial charge on any atom is -0.307 e. The first-order chi connectivity index (χ1) is 11.9. The van der Waals surface area contributed by atoms with Gasteiger partial charge in [-0.1, -0.05) is 24.3 Å². The van der Waals surface area contributed by atoms with Gasteiger partial charge in [-0.25, -0.2) is 0 Å². The minimum absolute atomic E-state index is 0.177. The molecule has 0 unspecified atom stereocenters. The van der Waals surface area contributed by atoms with E-state index in [0.29, 0.717) is 12.4 Å². The van der Waals surface area contributed by atoms with Crippen molar-refractivity contribution < 1.29 is 4.79 Å². The summed E-state index contributed by atoms with van der Waals surface area (Å²) < 4.78 is 4.27. The van der Waals surface area contributed by atoms with E-state index >= 15 is 0 Å². The Hall–Kier alpha value is -2.41. The summed E-state index contributed by atoms with van der Waals surface area (Å²) in [4.78, 5) is 12.6. The highest BCUT2D eigenvalue weighted by atomic mass is 79.9. The Morgan fingerprint density at radius 1 is 1.28 bits per heavy atom. The van der Waals surface area contributed by atoms with Gasteiger partial charge in [0.1, 0.15) is 5.54 Å². The number of carbonyl (C=O) groups excluding carboxylic acids is 1. The number of aryl methyl sites for hydroxylation is 1. The van der Waals surface area contributed by atoms with Crippen LogP contribution < -0.4 is 5.32 Å². The molecule has 0 spiro atoms. The fourth-order valence-electron chi connectivity index (χ4n) is 2.46. The monoisotopic (exact) mass is 401 g/mol. The molecule has 0 aliphatic heterocycles. The third-order valence-electron chi connectivity index (χ3n) is 4.16. The summed E-state index contributed by atoms with van der Waals surface area (Å²) in [5, 5.41) is 11.5. The second-order valence-electron chi connectivity index (χ2n) is 6.44. The number of anilines is 1. The lowest BCUT2D eigenvalue weighted by Crippen LogP contribution is -2.40. The number of halogens is 1. The number of rotatable bonds is 5. The van der Waals surface area contributed by atoms with Gasteiger partial charge in [-0.2, -0.15) is 10.2 Å². The standard InChI is InChI=1S/C18H20BrN5O/c1-13-6-4-5-7-14(13)11-23-9-8-16(22-23)21-17(25)18(2,3)24-12-15(19)10-20-24/h4-10,12H,11H2,1-3H3,(H,21,22,25). The Morgan fingerprint density at radius 2 is 2.04 bits per heavy atom. The SMILES string of the molecule is Cc1ccccc1Cn1ccc(NC(=O)C(C)(C)n2cc(Br)cn2)n1. The first-order valence-corrected chi connectivity index (χ1v) is 8.75. The van der Waals surface area contributed by atoms with Crippen LogP contribution in [0.3, 0.4) is 0 Å². The quantitative estimate of drug-likeness (QED) is 0.710. The fraction of sp³-hybridized carbons (Fsp3) is 0.278. The summed E-state index contributed by atoms with van der Waals surface area (Å²) in [6.45, 7) is 6.36. The van der Waals surface area contributed by atoms with Gasteiger partial charge in [-0.15, -0.1) is 0 Å².